The molecule has 3 rings (SSSR count). The zero-order valence-electron chi connectivity index (χ0n) is 22.3. The zero-order chi connectivity index (χ0) is 27.9. The Labute approximate surface area is 222 Å². The molecule has 3 aromatic rings. The highest BCUT2D eigenvalue weighted by Gasteiger charge is 2.38. The van der Waals surface area contributed by atoms with E-state index >= 15 is 4.39 Å². The van der Waals surface area contributed by atoms with E-state index in [0.29, 0.717) is 0 Å². The Morgan fingerprint density at radius 2 is 1.81 bits per heavy atom. The molecule has 2 aromatic carbocycles. The van der Waals surface area contributed by atoms with Crippen molar-refractivity contribution in [3.05, 3.63) is 80.1 Å². The Bertz CT molecular complexity index is 1400. The van der Waals surface area contributed by atoms with E-state index in [-0.39, 0.29) is 57.1 Å². The summed E-state index contributed by atoms with van der Waals surface area (Å²) >= 11 is 5.87. The van der Waals surface area contributed by atoms with Gasteiger partial charge in [-0.05, 0) is 53.4 Å². The van der Waals surface area contributed by atoms with Crippen LogP contribution >= 0.6 is 11.6 Å². The van der Waals surface area contributed by atoms with Crippen LogP contribution in [-0.2, 0) is 10.8 Å². The standard InChI is InChI=1S/C28H34ClF2NO4Si/c1-16(2)24(15-36-37(6,7)28(3,4)5)32-14-20(27(34)35)26(33)19-12-18(22(30)13-23(19)32)11-17-9-8-10-21(29)25(17)31/h8-10,12-14,16,24H,11,15H2,1-7H3,(H,34,35)/t24-/m1/s1. The van der Waals surface area contributed by atoms with Crippen LogP contribution in [0, 0.1) is 17.6 Å². The lowest BCUT2D eigenvalue weighted by Gasteiger charge is -2.38. The molecule has 1 aromatic heterocycles. The Kier molecular flexibility index (Phi) is 8.37. The minimum atomic E-state index is -2.15. The van der Waals surface area contributed by atoms with Crippen LogP contribution < -0.4 is 5.43 Å². The monoisotopic (exact) mass is 549 g/mol. The van der Waals surface area contributed by atoms with E-state index in [1.807, 2.05) is 13.8 Å². The minimum Gasteiger partial charge on any atom is -0.477 e. The summed E-state index contributed by atoms with van der Waals surface area (Å²) in [5, 5.41) is 9.71. The number of pyridine rings is 1. The molecule has 0 saturated heterocycles. The van der Waals surface area contributed by atoms with Crippen molar-refractivity contribution >= 4 is 36.8 Å². The first-order valence-corrected chi connectivity index (χ1v) is 15.5. The molecule has 1 N–H and O–H groups in total. The zero-order valence-corrected chi connectivity index (χ0v) is 24.0. The fourth-order valence-electron chi connectivity index (χ4n) is 3.97. The molecule has 0 aliphatic heterocycles. The first kappa shape index (κ1) is 29.0. The van der Waals surface area contributed by atoms with Crippen LogP contribution in [0.3, 0.4) is 0 Å². The molecular formula is C28H34ClF2NO4Si. The summed E-state index contributed by atoms with van der Waals surface area (Å²) in [5.74, 6) is -2.68. The van der Waals surface area contributed by atoms with E-state index in [1.165, 1.54) is 30.5 Å². The van der Waals surface area contributed by atoms with Crippen LogP contribution in [0.15, 0.2) is 41.3 Å². The predicted octanol–water partition coefficient (Wildman–Crippen LogP) is 7.44. The molecule has 0 fully saturated rings. The Balaban J connectivity index is 2.20. The van der Waals surface area contributed by atoms with Crippen LogP contribution in [0.4, 0.5) is 8.78 Å². The first-order chi connectivity index (χ1) is 17.0. The average Bonchev–Trinajstić information content (AvgIpc) is 2.78. The van der Waals surface area contributed by atoms with Crippen LogP contribution in [-0.4, -0.2) is 30.6 Å². The maximum Gasteiger partial charge on any atom is 0.341 e. The van der Waals surface area contributed by atoms with Gasteiger partial charge in [-0.2, -0.15) is 0 Å². The van der Waals surface area contributed by atoms with Gasteiger partial charge in [-0.1, -0.05) is 58.4 Å². The number of rotatable bonds is 8. The smallest absolute Gasteiger partial charge is 0.341 e. The Morgan fingerprint density at radius 1 is 1.16 bits per heavy atom. The number of aromatic carboxylic acids is 1. The van der Waals surface area contributed by atoms with Gasteiger partial charge < -0.3 is 14.1 Å². The third kappa shape index (κ3) is 5.97. The number of carboxylic acids is 1. The SMILES string of the molecule is CC(C)[C@@H](CO[Si](C)(C)C(C)(C)C)n1cc(C(=O)O)c(=O)c2cc(Cc3cccc(Cl)c3F)c(F)cc21. The van der Waals surface area contributed by atoms with Gasteiger partial charge in [0.15, 0.2) is 8.32 Å². The second kappa shape index (κ2) is 10.7. The molecule has 0 aliphatic rings. The van der Waals surface area contributed by atoms with Crippen molar-refractivity contribution in [1.29, 1.82) is 0 Å². The third-order valence-electron chi connectivity index (χ3n) is 7.39. The van der Waals surface area contributed by atoms with Gasteiger partial charge in [0.1, 0.15) is 17.2 Å². The summed E-state index contributed by atoms with van der Waals surface area (Å²) in [6.07, 6.45) is 1.13. The maximum atomic E-state index is 15.4. The van der Waals surface area contributed by atoms with Gasteiger partial charge in [-0.15, -0.1) is 0 Å². The molecular weight excluding hydrogens is 516 g/mol. The molecule has 0 spiro atoms. The molecule has 9 heteroatoms. The number of halogens is 3. The highest BCUT2D eigenvalue weighted by molar-refractivity contribution is 6.74. The molecule has 0 bridgehead atoms. The number of carboxylic acid groups (broad SMARTS) is 1. The summed E-state index contributed by atoms with van der Waals surface area (Å²) in [6.45, 7) is 14.8. The topological polar surface area (TPSA) is 68.5 Å². The van der Waals surface area contributed by atoms with Crippen molar-refractivity contribution in [2.45, 2.75) is 65.2 Å². The van der Waals surface area contributed by atoms with E-state index in [4.69, 9.17) is 16.0 Å². The number of carbonyl (C=O) groups is 1. The largest absolute Gasteiger partial charge is 0.477 e. The highest BCUT2D eigenvalue weighted by atomic mass is 35.5. The quantitative estimate of drug-likeness (QED) is 0.296. The lowest BCUT2D eigenvalue weighted by atomic mass is 9.99. The minimum absolute atomic E-state index is 0.0135. The van der Waals surface area contributed by atoms with E-state index < -0.39 is 36.9 Å². The van der Waals surface area contributed by atoms with Gasteiger partial charge in [0, 0.05) is 18.0 Å². The molecule has 1 heterocycles. The lowest BCUT2D eigenvalue weighted by Crippen LogP contribution is -2.42. The number of benzene rings is 2. The molecule has 1 atom stereocenters. The normalized spacial score (nSPS) is 13.4. The van der Waals surface area contributed by atoms with Gasteiger partial charge in [0.2, 0.25) is 5.43 Å². The highest BCUT2D eigenvalue weighted by Crippen LogP contribution is 2.38. The molecule has 0 amide bonds. The summed E-state index contributed by atoms with van der Waals surface area (Å²) in [7, 11) is -2.15. The van der Waals surface area contributed by atoms with E-state index in [2.05, 4.69) is 33.9 Å². The van der Waals surface area contributed by atoms with Crippen molar-refractivity contribution in [2.24, 2.45) is 5.92 Å². The molecule has 200 valence electrons. The third-order valence-corrected chi connectivity index (χ3v) is 12.2. The molecule has 37 heavy (non-hydrogen) atoms. The van der Waals surface area contributed by atoms with Gasteiger partial charge in [-0.25, -0.2) is 13.6 Å². The molecule has 0 saturated carbocycles. The van der Waals surface area contributed by atoms with Crippen molar-refractivity contribution in [1.82, 2.24) is 4.57 Å². The molecule has 5 nitrogen and oxygen atoms in total. The molecule has 0 aliphatic carbocycles. The van der Waals surface area contributed by atoms with Crippen LogP contribution in [0.1, 0.15) is 62.1 Å². The number of hydrogen-bond acceptors (Lipinski definition) is 3. The Morgan fingerprint density at radius 3 is 2.38 bits per heavy atom. The molecule has 0 radical (unpaired) electrons. The second-order valence-electron chi connectivity index (χ2n) is 11.3. The van der Waals surface area contributed by atoms with Crippen LogP contribution in [0.2, 0.25) is 23.2 Å². The Hall–Kier alpha value is -2.55. The lowest BCUT2D eigenvalue weighted by molar-refractivity contribution is 0.0694. The van der Waals surface area contributed by atoms with E-state index in [9.17, 15) is 19.1 Å². The first-order valence-electron chi connectivity index (χ1n) is 12.2. The number of fused-ring (bicyclic) bond motifs is 1. The van der Waals surface area contributed by atoms with Crippen molar-refractivity contribution in [3.8, 4) is 0 Å². The van der Waals surface area contributed by atoms with Crippen molar-refractivity contribution < 1.29 is 23.1 Å². The summed E-state index contributed by atoms with van der Waals surface area (Å²) in [6, 6.07) is 6.64. The average molecular weight is 550 g/mol. The van der Waals surface area contributed by atoms with Gasteiger partial charge in [0.25, 0.3) is 0 Å². The fourth-order valence-corrected chi connectivity index (χ4v) is 5.19. The molecule has 0 unspecified atom stereocenters. The number of aromatic nitrogens is 1. The number of hydrogen-bond donors (Lipinski definition) is 1. The fraction of sp³-hybridized carbons (Fsp3) is 0.429. The van der Waals surface area contributed by atoms with Crippen LogP contribution in [0.5, 0.6) is 0 Å². The van der Waals surface area contributed by atoms with Crippen molar-refractivity contribution in [3.63, 3.8) is 0 Å². The summed E-state index contributed by atoms with van der Waals surface area (Å²) in [5.41, 5.74) is -0.640. The number of nitrogens with zero attached hydrogens (tertiary/aromatic N) is 1. The van der Waals surface area contributed by atoms with Crippen LogP contribution in [0.25, 0.3) is 10.9 Å². The predicted molar refractivity (Wildman–Crippen MR) is 146 cm³/mol. The van der Waals surface area contributed by atoms with Gasteiger partial charge in [-0.3, -0.25) is 4.79 Å². The van der Waals surface area contributed by atoms with Gasteiger partial charge >= 0.3 is 5.97 Å². The maximum absolute atomic E-state index is 15.4. The summed E-state index contributed by atoms with van der Waals surface area (Å²) in [4.78, 5) is 25.2. The van der Waals surface area contributed by atoms with Gasteiger partial charge in [0.05, 0.1) is 23.2 Å². The van der Waals surface area contributed by atoms with Crippen molar-refractivity contribution in [2.75, 3.05) is 6.61 Å². The van der Waals surface area contributed by atoms with E-state index in [1.54, 1.807) is 10.6 Å². The second-order valence-corrected chi connectivity index (χ2v) is 16.5. The van der Waals surface area contributed by atoms with E-state index in [0.717, 1.165) is 0 Å². The summed E-state index contributed by atoms with van der Waals surface area (Å²) < 4.78 is 38.0.